The van der Waals surface area contributed by atoms with E-state index in [1.165, 1.54) is 4.90 Å². The highest BCUT2D eigenvalue weighted by Gasteiger charge is 2.40. The predicted molar refractivity (Wildman–Crippen MR) is 238 cm³/mol. The van der Waals surface area contributed by atoms with Crippen molar-refractivity contribution in [1.29, 1.82) is 0 Å². The van der Waals surface area contributed by atoms with E-state index in [0.29, 0.717) is 18.4 Å². The molecule has 1 heterocycles. The van der Waals surface area contributed by atoms with Gasteiger partial charge in [-0.15, -0.1) is 0 Å². The van der Waals surface area contributed by atoms with Crippen molar-refractivity contribution in [2.24, 2.45) is 50.5 Å². The topological polar surface area (TPSA) is 387 Å². The molecule has 64 heavy (non-hydrogen) atoms. The van der Waals surface area contributed by atoms with E-state index in [1.807, 2.05) is 6.92 Å². The van der Waals surface area contributed by atoms with Gasteiger partial charge in [-0.2, -0.15) is 0 Å². The number of carbonyl (C=O) groups excluding carboxylic acids is 7. The van der Waals surface area contributed by atoms with E-state index >= 15 is 0 Å². The van der Waals surface area contributed by atoms with E-state index in [1.54, 1.807) is 51.1 Å². The zero-order chi connectivity index (χ0) is 47.9. The molecule has 23 nitrogen and oxygen atoms in total. The number of hydrogen-bond acceptors (Lipinski definition) is 11. The van der Waals surface area contributed by atoms with E-state index in [9.17, 15) is 43.5 Å². The van der Waals surface area contributed by atoms with Crippen LogP contribution in [0.15, 0.2) is 40.3 Å². The number of carboxylic acid groups (broad SMARTS) is 1. The Hall–Kier alpha value is -6.52. The third-order valence-corrected chi connectivity index (χ3v) is 10.6. The number of aliphatic carboxylic acids is 1. The maximum absolute atomic E-state index is 14.2. The number of guanidine groups is 2. The molecule has 1 aliphatic heterocycles. The molecular formula is C41H68N14O9. The van der Waals surface area contributed by atoms with Gasteiger partial charge in [0.25, 0.3) is 0 Å². The molecule has 0 aromatic heterocycles. The lowest BCUT2D eigenvalue weighted by atomic mass is 9.97. The van der Waals surface area contributed by atoms with Gasteiger partial charge in [0.2, 0.25) is 41.4 Å². The molecule has 17 N–H and O–H groups in total. The van der Waals surface area contributed by atoms with Gasteiger partial charge in [-0.05, 0) is 55.9 Å². The molecule has 0 radical (unpaired) electrons. The zero-order valence-corrected chi connectivity index (χ0v) is 37.1. The monoisotopic (exact) mass is 901 g/mol. The van der Waals surface area contributed by atoms with Gasteiger partial charge in [-0.3, -0.25) is 43.5 Å². The average molecular weight is 901 g/mol. The van der Waals surface area contributed by atoms with Crippen LogP contribution in [0.2, 0.25) is 0 Å². The van der Waals surface area contributed by atoms with Crippen molar-refractivity contribution in [2.45, 2.75) is 115 Å². The molecule has 1 aromatic rings. The minimum Gasteiger partial charge on any atom is -0.480 e. The van der Waals surface area contributed by atoms with Gasteiger partial charge in [-0.25, -0.2) is 4.79 Å². The highest BCUT2D eigenvalue weighted by atomic mass is 16.4. The van der Waals surface area contributed by atoms with Crippen molar-refractivity contribution in [1.82, 2.24) is 36.8 Å². The molecule has 1 aliphatic rings. The number of carboxylic acids is 1. The van der Waals surface area contributed by atoms with Gasteiger partial charge in [-0.1, -0.05) is 64.4 Å². The number of benzene rings is 1. The van der Waals surface area contributed by atoms with Gasteiger partial charge in [0.15, 0.2) is 11.9 Å². The van der Waals surface area contributed by atoms with Crippen molar-refractivity contribution in [3.8, 4) is 0 Å². The first kappa shape index (κ1) is 53.6. The van der Waals surface area contributed by atoms with Crippen molar-refractivity contribution < 1.29 is 43.5 Å². The molecule has 1 aromatic carbocycles. The summed E-state index contributed by atoms with van der Waals surface area (Å²) in [6, 6.07) is 1.82. The van der Waals surface area contributed by atoms with Crippen molar-refractivity contribution >= 4 is 59.2 Å². The van der Waals surface area contributed by atoms with Gasteiger partial charge in [0, 0.05) is 26.1 Å². The maximum Gasteiger partial charge on any atom is 0.326 e. The highest BCUT2D eigenvalue weighted by Crippen LogP contribution is 2.21. The molecule has 0 aliphatic carbocycles. The van der Waals surface area contributed by atoms with Crippen LogP contribution in [0.1, 0.15) is 78.2 Å². The Balaban J connectivity index is 2.19. The Labute approximate surface area is 373 Å². The first-order valence-corrected chi connectivity index (χ1v) is 21.4. The minimum absolute atomic E-state index is 0.0190. The van der Waals surface area contributed by atoms with Gasteiger partial charge in [0.05, 0.1) is 13.1 Å². The molecule has 2 rings (SSSR count). The van der Waals surface area contributed by atoms with E-state index in [-0.39, 0.29) is 82.5 Å². The number of nitrogens with zero attached hydrogens (tertiary/aromatic N) is 3. The molecule has 7 atom stereocenters. The summed E-state index contributed by atoms with van der Waals surface area (Å²) in [7, 11) is 0. The fourth-order valence-corrected chi connectivity index (χ4v) is 6.86. The van der Waals surface area contributed by atoms with Crippen LogP contribution in [0.25, 0.3) is 0 Å². The molecular weight excluding hydrogens is 833 g/mol. The number of nitrogens with one attached hydrogen (secondary N) is 6. The molecule has 0 saturated carbocycles. The first-order valence-electron chi connectivity index (χ1n) is 21.4. The molecule has 0 unspecified atom stereocenters. The summed E-state index contributed by atoms with van der Waals surface area (Å²) in [6.45, 7) is 6.45. The second kappa shape index (κ2) is 27.5. The molecule has 0 bridgehead atoms. The lowest BCUT2D eigenvalue weighted by Crippen LogP contribution is -2.59. The summed E-state index contributed by atoms with van der Waals surface area (Å²) in [6.07, 6.45) is 1.84. The smallest absolute Gasteiger partial charge is 0.326 e. The summed E-state index contributed by atoms with van der Waals surface area (Å²) in [4.78, 5) is 115. The minimum atomic E-state index is -1.31. The van der Waals surface area contributed by atoms with Gasteiger partial charge in [0.1, 0.15) is 36.3 Å². The fourth-order valence-electron chi connectivity index (χ4n) is 6.86. The Bertz CT molecular complexity index is 1800. The molecule has 1 saturated heterocycles. The lowest BCUT2D eigenvalue weighted by Gasteiger charge is -2.32. The lowest BCUT2D eigenvalue weighted by molar-refractivity contribution is -0.143. The molecule has 23 heteroatoms. The van der Waals surface area contributed by atoms with Gasteiger partial charge >= 0.3 is 5.97 Å². The second-order valence-corrected chi connectivity index (χ2v) is 15.9. The van der Waals surface area contributed by atoms with Crippen molar-refractivity contribution in [2.75, 3.05) is 32.7 Å². The highest BCUT2D eigenvalue weighted by molar-refractivity contribution is 5.97. The third kappa shape index (κ3) is 18.4. The summed E-state index contributed by atoms with van der Waals surface area (Å²) in [5.74, 6) is -7.05. The van der Waals surface area contributed by atoms with Crippen molar-refractivity contribution in [3.05, 3.63) is 35.9 Å². The Morgan fingerprint density at radius 2 is 1.34 bits per heavy atom. The van der Waals surface area contributed by atoms with Crippen LogP contribution in [0.4, 0.5) is 0 Å². The van der Waals surface area contributed by atoms with Crippen LogP contribution in [0, 0.1) is 11.8 Å². The summed E-state index contributed by atoms with van der Waals surface area (Å²) < 4.78 is 0. The summed E-state index contributed by atoms with van der Waals surface area (Å²) >= 11 is 0. The number of aliphatic imine (C=N–C) groups is 2. The quantitative estimate of drug-likeness (QED) is 0.0233. The van der Waals surface area contributed by atoms with Crippen LogP contribution < -0.4 is 60.6 Å². The van der Waals surface area contributed by atoms with E-state index in [0.717, 1.165) is 0 Å². The Morgan fingerprint density at radius 1 is 0.750 bits per heavy atom. The molecule has 0 spiro atoms. The van der Waals surface area contributed by atoms with E-state index in [4.69, 9.17) is 28.7 Å². The second-order valence-electron chi connectivity index (χ2n) is 15.9. The largest absolute Gasteiger partial charge is 0.480 e. The van der Waals surface area contributed by atoms with E-state index < -0.39 is 96.0 Å². The number of nitrogens with two attached hydrogens (primary N) is 5. The van der Waals surface area contributed by atoms with Gasteiger partial charge < -0.3 is 70.6 Å². The van der Waals surface area contributed by atoms with Crippen LogP contribution in [0.3, 0.4) is 0 Å². The van der Waals surface area contributed by atoms with Crippen molar-refractivity contribution in [3.63, 3.8) is 0 Å². The zero-order valence-electron chi connectivity index (χ0n) is 37.1. The third-order valence-electron chi connectivity index (χ3n) is 10.6. The predicted octanol–water partition coefficient (Wildman–Crippen LogP) is -3.39. The number of amides is 7. The van der Waals surface area contributed by atoms with Crippen LogP contribution in [-0.4, -0.2) is 138 Å². The normalized spacial score (nSPS) is 16.1. The number of rotatable bonds is 27. The summed E-state index contributed by atoms with van der Waals surface area (Å²) in [5.41, 5.74) is 27.9. The maximum atomic E-state index is 14.2. The number of hydrogen-bond donors (Lipinski definition) is 12. The molecule has 1 fully saturated rings. The Kier molecular flexibility index (Phi) is 23.1. The SMILES string of the molecule is CC[C@H](C)[C@H](NC(=O)CN)C(=O)N[C@@H](CCCN=C(N)N)C(=O)N1CCC[C@H]1C(=O)N[C@H](C(=O)NCC(=O)N[C@@H](CCCN=C(N)N)C(=O)N[C@@H](Cc1ccccc1)C(=O)O)C(C)C. The molecule has 7 amide bonds. The summed E-state index contributed by atoms with van der Waals surface area (Å²) in [5, 5.41) is 25.4. The fraction of sp³-hybridized carbons (Fsp3) is 0.610. The van der Waals surface area contributed by atoms with Crippen LogP contribution in [-0.2, 0) is 44.8 Å². The van der Waals surface area contributed by atoms with E-state index in [2.05, 4.69) is 41.9 Å². The van der Waals surface area contributed by atoms with Crippen LogP contribution >= 0.6 is 0 Å². The first-order chi connectivity index (χ1) is 30.3. The standard InChI is InChI=1S/C41H68N14O9/c1-5-24(4)33(53-30(56)21-42)37(61)51-27(15-10-18-48-41(45)46)38(62)55-19-11-16-29(55)35(59)54-32(23(2)3)36(60)49-22-31(57)50-26(14-9-17-47-40(43)44)34(58)52-28(39(63)64)20-25-12-7-6-8-13-25/h6-8,12-13,23-24,26-29,32-33H,5,9-11,14-22,42H2,1-4H3,(H,49,60)(H,50,57)(H,51,61)(H,52,58)(H,53,56)(H,54,59)(H,63,64)(H4,43,44,47)(H4,45,46,48)/t24-,26-,27-,28-,29-,32-,33-/m0/s1. The van der Waals surface area contributed by atoms with Crippen LogP contribution in [0.5, 0.6) is 0 Å². The number of likely N-dealkylation sites (tertiary alicyclic amines) is 1. The average Bonchev–Trinajstić information content (AvgIpc) is 3.75. The number of carbonyl (C=O) groups is 8. The molecule has 356 valence electrons. The Morgan fingerprint density at radius 3 is 1.89 bits per heavy atom.